The molecule has 1 saturated heterocycles. The number of hydrogen-bond acceptors (Lipinski definition) is 3. The highest BCUT2D eigenvalue weighted by atomic mass is 19.1. The maximum Gasteiger partial charge on any atom is 0.221 e. The molecule has 2 rings (SSSR count). The first kappa shape index (κ1) is 20.1. The predicted molar refractivity (Wildman–Crippen MR) is 97.5 cm³/mol. The lowest BCUT2D eigenvalue weighted by atomic mass is 9.97. The number of hydrogen-bond donors (Lipinski definition) is 3. The normalized spacial score (nSPS) is 18.6. The third kappa shape index (κ3) is 6.25. The molecular weight excluding hydrogens is 340 g/mol. The molecule has 144 valence electrons. The molecule has 0 aliphatic carbocycles. The van der Waals surface area contributed by atoms with E-state index in [4.69, 9.17) is 5.73 Å². The number of amides is 1. The van der Waals surface area contributed by atoms with Crippen molar-refractivity contribution in [1.82, 2.24) is 15.5 Å². The van der Waals surface area contributed by atoms with Gasteiger partial charge in [0, 0.05) is 32.2 Å². The van der Waals surface area contributed by atoms with Gasteiger partial charge in [0.1, 0.15) is 11.6 Å². The lowest BCUT2D eigenvalue weighted by molar-refractivity contribution is -0.123. The van der Waals surface area contributed by atoms with Gasteiger partial charge in [-0.05, 0) is 50.6 Å². The molecule has 4 N–H and O–H groups in total. The minimum Gasteiger partial charge on any atom is -0.369 e. The molecule has 0 aromatic heterocycles. The average molecular weight is 367 g/mol. The molecule has 1 amide bonds. The lowest BCUT2D eigenvalue weighted by Crippen LogP contribution is -2.42. The molecule has 1 heterocycles. The zero-order chi connectivity index (χ0) is 18.9. The average Bonchev–Trinajstić information content (AvgIpc) is 2.64. The Labute approximate surface area is 152 Å². The number of nitrogens with zero attached hydrogens (tertiary/aromatic N) is 2. The standard InChI is InChI=1S/C18H27F2N5O/c1-22-18(24-11-14-10-15(19)5-6-16(14)20)23-7-3-9-25-8-2-4-13(12-25)17(21)26/h5-6,10,13H,2-4,7-9,11-12H2,1H3,(H2,21,26)(H2,22,23,24). The molecule has 1 aliphatic heterocycles. The summed E-state index contributed by atoms with van der Waals surface area (Å²) in [7, 11) is 1.62. The highest BCUT2D eigenvalue weighted by Crippen LogP contribution is 2.15. The van der Waals surface area contributed by atoms with Crippen molar-refractivity contribution in [2.45, 2.75) is 25.8 Å². The Hall–Kier alpha value is -2.22. The van der Waals surface area contributed by atoms with E-state index in [0.29, 0.717) is 12.5 Å². The number of carbonyl (C=O) groups is 1. The quantitative estimate of drug-likeness (QED) is 0.384. The Morgan fingerprint density at radius 3 is 2.92 bits per heavy atom. The SMILES string of the molecule is CN=C(NCCCN1CCCC(C(N)=O)C1)NCc1cc(F)ccc1F. The number of likely N-dealkylation sites (tertiary alicyclic amines) is 1. The van der Waals surface area contributed by atoms with Crippen molar-refractivity contribution in [2.24, 2.45) is 16.6 Å². The summed E-state index contributed by atoms with van der Waals surface area (Å²) in [6.45, 7) is 3.40. The first-order valence-corrected chi connectivity index (χ1v) is 8.89. The summed E-state index contributed by atoms with van der Waals surface area (Å²) in [4.78, 5) is 17.6. The minimum absolute atomic E-state index is 0.0488. The molecule has 1 aliphatic rings. The van der Waals surface area contributed by atoms with Crippen molar-refractivity contribution in [1.29, 1.82) is 0 Å². The fraction of sp³-hybridized carbons (Fsp3) is 0.556. The van der Waals surface area contributed by atoms with Crippen LogP contribution in [0, 0.1) is 17.6 Å². The maximum absolute atomic E-state index is 13.6. The number of primary amides is 1. The number of nitrogens with two attached hydrogens (primary N) is 1. The van der Waals surface area contributed by atoms with E-state index in [0.717, 1.165) is 51.0 Å². The summed E-state index contributed by atoms with van der Waals surface area (Å²) in [5, 5.41) is 6.12. The number of benzene rings is 1. The third-order valence-electron chi connectivity index (χ3n) is 4.53. The molecule has 6 nitrogen and oxygen atoms in total. The molecule has 1 aromatic carbocycles. The maximum atomic E-state index is 13.6. The van der Waals surface area contributed by atoms with E-state index in [9.17, 15) is 13.6 Å². The van der Waals surface area contributed by atoms with E-state index < -0.39 is 11.6 Å². The fourth-order valence-electron chi connectivity index (χ4n) is 3.08. The summed E-state index contributed by atoms with van der Waals surface area (Å²) in [6, 6.07) is 3.37. The van der Waals surface area contributed by atoms with Crippen molar-refractivity contribution in [3.63, 3.8) is 0 Å². The first-order valence-electron chi connectivity index (χ1n) is 8.89. The van der Waals surface area contributed by atoms with Gasteiger partial charge in [0.25, 0.3) is 0 Å². The molecule has 1 atom stereocenters. The molecule has 1 fully saturated rings. The van der Waals surface area contributed by atoms with Gasteiger partial charge < -0.3 is 21.3 Å². The molecular formula is C18H27F2N5O. The van der Waals surface area contributed by atoms with Gasteiger partial charge in [-0.1, -0.05) is 0 Å². The van der Waals surface area contributed by atoms with Gasteiger partial charge in [0.15, 0.2) is 5.96 Å². The van der Waals surface area contributed by atoms with E-state index in [1.54, 1.807) is 7.05 Å². The fourth-order valence-corrected chi connectivity index (χ4v) is 3.08. The van der Waals surface area contributed by atoms with Crippen LogP contribution in [0.3, 0.4) is 0 Å². The highest BCUT2D eigenvalue weighted by Gasteiger charge is 2.23. The summed E-state index contributed by atoms with van der Waals surface area (Å²) in [5.41, 5.74) is 5.64. The van der Waals surface area contributed by atoms with Crippen molar-refractivity contribution in [3.05, 3.63) is 35.4 Å². The van der Waals surface area contributed by atoms with Gasteiger partial charge >= 0.3 is 0 Å². The second-order valence-corrected chi connectivity index (χ2v) is 6.48. The van der Waals surface area contributed by atoms with E-state index in [1.165, 1.54) is 6.07 Å². The second kappa shape index (κ2) is 10.1. The smallest absolute Gasteiger partial charge is 0.221 e. The predicted octanol–water partition coefficient (Wildman–Crippen LogP) is 1.22. The lowest BCUT2D eigenvalue weighted by Gasteiger charge is -2.31. The van der Waals surface area contributed by atoms with Crippen LogP contribution in [0.4, 0.5) is 8.78 Å². The van der Waals surface area contributed by atoms with Crippen LogP contribution in [0.5, 0.6) is 0 Å². The van der Waals surface area contributed by atoms with Gasteiger partial charge in [0.05, 0.1) is 5.92 Å². The number of aliphatic imine (C=N–C) groups is 1. The summed E-state index contributed by atoms with van der Waals surface area (Å²) < 4.78 is 26.8. The largest absolute Gasteiger partial charge is 0.369 e. The summed E-state index contributed by atoms with van der Waals surface area (Å²) in [5.74, 6) is -0.665. The van der Waals surface area contributed by atoms with Crippen molar-refractivity contribution >= 4 is 11.9 Å². The van der Waals surface area contributed by atoms with Crippen LogP contribution in [-0.4, -0.2) is 50.0 Å². The van der Waals surface area contributed by atoms with Crippen LogP contribution < -0.4 is 16.4 Å². The summed E-state index contributed by atoms with van der Waals surface area (Å²) >= 11 is 0. The number of carbonyl (C=O) groups excluding carboxylic acids is 1. The van der Waals surface area contributed by atoms with Crippen LogP contribution in [-0.2, 0) is 11.3 Å². The monoisotopic (exact) mass is 367 g/mol. The molecule has 1 aromatic rings. The van der Waals surface area contributed by atoms with Gasteiger partial charge in [0.2, 0.25) is 5.91 Å². The number of guanidine groups is 1. The van der Waals surface area contributed by atoms with E-state index in [-0.39, 0.29) is 23.9 Å². The van der Waals surface area contributed by atoms with E-state index in [2.05, 4.69) is 20.5 Å². The van der Waals surface area contributed by atoms with Crippen molar-refractivity contribution in [2.75, 3.05) is 33.2 Å². The number of halogens is 2. The first-order chi connectivity index (χ1) is 12.5. The second-order valence-electron chi connectivity index (χ2n) is 6.48. The minimum atomic E-state index is -0.470. The van der Waals surface area contributed by atoms with Crippen molar-refractivity contribution in [3.8, 4) is 0 Å². The molecule has 26 heavy (non-hydrogen) atoms. The van der Waals surface area contributed by atoms with Crippen LogP contribution in [0.25, 0.3) is 0 Å². The van der Waals surface area contributed by atoms with E-state index in [1.807, 2.05) is 0 Å². The Morgan fingerprint density at radius 1 is 1.38 bits per heavy atom. The van der Waals surface area contributed by atoms with E-state index >= 15 is 0 Å². The topological polar surface area (TPSA) is 82.8 Å². The summed E-state index contributed by atoms with van der Waals surface area (Å²) in [6.07, 6.45) is 2.74. The van der Waals surface area contributed by atoms with Gasteiger partial charge in [-0.25, -0.2) is 8.78 Å². The Balaban J connectivity index is 1.69. The number of nitrogens with one attached hydrogen (secondary N) is 2. The van der Waals surface area contributed by atoms with Crippen LogP contribution in [0.1, 0.15) is 24.8 Å². The third-order valence-corrected chi connectivity index (χ3v) is 4.53. The van der Waals surface area contributed by atoms with Crippen molar-refractivity contribution < 1.29 is 13.6 Å². The van der Waals surface area contributed by atoms with Crippen LogP contribution >= 0.6 is 0 Å². The Bertz CT molecular complexity index is 638. The molecule has 0 spiro atoms. The molecule has 8 heteroatoms. The van der Waals surface area contributed by atoms with Gasteiger partial charge in [-0.2, -0.15) is 0 Å². The molecule has 0 bridgehead atoms. The Kier molecular flexibility index (Phi) is 7.77. The van der Waals surface area contributed by atoms with Crippen LogP contribution in [0.2, 0.25) is 0 Å². The Morgan fingerprint density at radius 2 is 2.19 bits per heavy atom. The van der Waals surface area contributed by atoms with Gasteiger partial charge in [-0.15, -0.1) is 0 Å². The number of rotatable bonds is 7. The zero-order valence-corrected chi connectivity index (χ0v) is 15.1. The highest BCUT2D eigenvalue weighted by molar-refractivity contribution is 5.79. The number of piperidine rings is 1. The molecule has 0 saturated carbocycles. The molecule has 1 unspecified atom stereocenters. The van der Waals surface area contributed by atoms with Gasteiger partial charge in [-0.3, -0.25) is 9.79 Å². The van der Waals surface area contributed by atoms with Crippen LogP contribution in [0.15, 0.2) is 23.2 Å². The zero-order valence-electron chi connectivity index (χ0n) is 15.1. The molecule has 0 radical (unpaired) electrons.